The van der Waals surface area contributed by atoms with Gasteiger partial charge in [-0.1, -0.05) is 42.5 Å². The van der Waals surface area contributed by atoms with Crippen molar-refractivity contribution in [1.82, 2.24) is 10.2 Å². The van der Waals surface area contributed by atoms with Crippen LogP contribution in [0.25, 0.3) is 0 Å². The first-order valence-electron chi connectivity index (χ1n) is 10.00. The molecule has 0 aliphatic carbocycles. The number of para-hydroxylation sites is 1. The topological polar surface area (TPSA) is 87.7 Å². The van der Waals surface area contributed by atoms with Crippen molar-refractivity contribution in [2.24, 2.45) is 5.92 Å². The summed E-state index contributed by atoms with van der Waals surface area (Å²) in [5.74, 6) is -1.06. The van der Waals surface area contributed by atoms with E-state index in [1.54, 1.807) is 36.3 Å². The van der Waals surface area contributed by atoms with E-state index in [0.717, 1.165) is 5.56 Å². The molecule has 0 saturated carbocycles. The average molecular weight is 409 g/mol. The zero-order valence-electron chi connectivity index (χ0n) is 17.3. The van der Waals surface area contributed by atoms with Gasteiger partial charge in [-0.2, -0.15) is 0 Å². The van der Waals surface area contributed by atoms with E-state index in [0.29, 0.717) is 30.9 Å². The van der Waals surface area contributed by atoms with Crippen molar-refractivity contribution >= 4 is 23.4 Å². The highest BCUT2D eigenvalue weighted by Crippen LogP contribution is 2.23. The lowest BCUT2D eigenvalue weighted by atomic mass is 10.1. The van der Waals surface area contributed by atoms with Crippen LogP contribution in [0.4, 0.5) is 5.69 Å². The van der Waals surface area contributed by atoms with Crippen molar-refractivity contribution in [3.63, 3.8) is 0 Å². The van der Waals surface area contributed by atoms with Gasteiger partial charge >= 0.3 is 0 Å². The molecular formula is C23H27N3O4. The van der Waals surface area contributed by atoms with Crippen molar-refractivity contribution in [3.8, 4) is 0 Å². The van der Waals surface area contributed by atoms with Crippen LogP contribution in [0.1, 0.15) is 29.3 Å². The summed E-state index contributed by atoms with van der Waals surface area (Å²) in [6, 6.07) is 16.4. The van der Waals surface area contributed by atoms with E-state index < -0.39 is 5.92 Å². The molecule has 2 aromatic carbocycles. The molecule has 0 spiro atoms. The largest absolute Gasteiger partial charge is 0.383 e. The van der Waals surface area contributed by atoms with Gasteiger partial charge < -0.3 is 20.3 Å². The summed E-state index contributed by atoms with van der Waals surface area (Å²) in [5, 5.41) is 5.71. The Bertz CT molecular complexity index is 900. The average Bonchev–Trinajstić information content (AvgIpc) is 3.15. The number of ether oxygens (including phenoxy) is 1. The third-order valence-corrected chi connectivity index (χ3v) is 5.19. The number of nitrogens with one attached hydrogen (secondary N) is 2. The summed E-state index contributed by atoms with van der Waals surface area (Å²) in [6.45, 7) is 3.06. The molecule has 1 aliphatic heterocycles. The van der Waals surface area contributed by atoms with Gasteiger partial charge in [-0.15, -0.1) is 0 Å². The number of amides is 3. The van der Waals surface area contributed by atoms with Crippen molar-refractivity contribution in [1.29, 1.82) is 0 Å². The second-order valence-electron chi connectivity index (χ2n) is 7.45. The Morgan fingerprint density at radius 2 is 1.83 bits per heavy atom. The van der Waals surface area contributed by atoms with Gasteiger partial charge in [0.2, 0.25) is 11.8 Å². The van der Waals surface area contributed by atoms with Crippen molar-refractivity contribution in [2.45, 2.75) is 25.9 Å². The normalized spacial score (nSPS) is 16.9. The standard InChI is InChI=1S/C23H27N3O4/c1-16(15-30-2)26-14-18(12-21(26)27)22(28)25-20-11-7-6-10-19(20)23(29)24-13-17-8-4-3-5-9-17/h3-11,16,18H,12-15H2,1-2H3,(H,24,29)(H,25,28)/t16-,18+/m0/s1. The van der Waals surface area contributed by atoms with Gasteiger partial charge in [0.05, 0.1) is 29.8 Å². The number of rotatable bonds is 8. The Morgan fingerprint density at radius 1 is 1.13 bits per heavy atom. The highest BCUT2D eigenvalue weighted by Gasteiger charge is 2.36. The maximum absolute atomic E-state index is 12.8. The van der Waals surface area contributed by atoms with Crippen LogP contribution in [0.2, 0.25) is 0 Å². The molecule has 1 saturated heterocycles. The molecule has 2 N–H and O–H groups in total. The summed E-state index contributed by atoms with van der Waals surface area (Å²) in [6.07, 6.45) is 0.155. The molecule has 30 heavy (non-hydrogen) atoms. The molecule has 2 aromatic rings. The number of benzene rings is 2. The molecule has 7 heteroatoms. The van der Waals surface area contributed by atoms with Crippen LogP contribution in [0.15, 0.2) is 54.6 Å². The zero-order valence-corrected chi connectivity index (χ0v) is 17.3. The quantitative estimate of drug-likeness (QED) is 0.701. The first-order chi connectivity index (χ1) is 14.5. The Hall–Kier alpha value is -3.19. The SMILES string of the molecule is COC[C@H](C)N1C[C@H](C(=O)Nc2ccccc2C(=O)NCc2ccccc2)CC1=O. The fourth-order valence-electron chi connectivity index (χ4n) is 3.56. The van der Waals surface area contributed by atoms with E-state index >= 15 is 0 Å². The molecule has 3 rings (SSSR count). The monoisotopic (exact) mass is 409 g/mol. The molecule has 158 valence electrons. The van der Waals surface area contributed by atoms with Crippen molar-refractivity contribution < 1.29 is 19.1 Å². The highest BCUT2D eigenvalue weighted by molar-refractivity contribution is 6.05. The molecule has 7 nitrogen and oxygen atoms in total. The summed E-state index contributed by atoms with van der Waals surface area (Å²) < 4.78 is 5.11. The second-order valence-corrected chi connectivity index (χ2v) is 7.45. The first-order valence-corrected chi connectivity index (χ1v) is 10.00. The Morgan fingerprint density at radius 3 is 2.57 bits per heavy atom. The summed E-state index contributed by atoms with van der Waals surface area (Å²) >= 11 is 0. The molecule has 1 heterocycles. The molecule has 1 aliphatic rings. The number of likely N-dealkylation sites (tertiary alicyclic amines) is 1. The number of carbonyl (C=O) groups excluding carboxylic acids is 3. The minimum Gasteiger partial charge on any atom is -0.383 e. The predicted molar refractivity (Wildman–Crippen MR) is 114 cm³/mol. The van der Waals surface area contributed by atoms with Crippen LogP contribution in [0.5, 0.6) is 0 Å². The van der Waals surface area contributed by atoms with Crippen LogP contribution in [0.3, 0.4) is 0 Å². The van der Waals surface area contributed by atoms with E-state index in [1.165, 1.54) is 0 Å². The third-order valence-electron chi connectivity index (χ3n) is 5.19. The minimum atomic E-state index is -0.461. The van der Waals surface area contributed by atoms with E-state index in [-0.39, 0.29) is 30.2 Å². The minimum absolute atomic E-state index is 0.0615. The predicted octanol–water partition coefficient (Wildman–Crippen LogP) is 2.44. The van der Waals surface area contributed by atoms with Gasteiger partial charge in [-0.05, 0) is 24.6 Å². The van der Waals surface area contributed by atoms with Gasteiger partial charge in [0, 0.05) is 26.6 Å². The van der Waals surface area contributed by atoms with Crippen LogP contribution in [-0.2, 0) is 20.9 Å². The molecule has 0 aromatic heterocycles. The Kier molecular flexibility index (Phi) is 7.19. The van der Waals surface area contributed by atoms with Gasteiger partial charge in [0.25, 0.3) is 5.91 Å². The highest BCUT2D eigenvalue weighted by atomic mass is 16.5. The third kappa shape index (κ3) is 5.24. The first kappa shape index (κ1) is 21.5. The number of hydrogen-bond donors (Lipinski definition) is 2. The summed E-state index contributed by atoms with van der Waals surface area (Å²) in [5.41, 5.74) is 1.81. The molecule has 3 amide bonds. The van der Waals surface area contributed by atoms with E-state index in [4.69, 9.17) is 4.74 Å². The maximum atomic E-state index is 12.8. The number of hydrogen-bond acceptors (Lipinski definition) is 4. The van der Waals surface area contributed by atoms with Crippen molar-refractivity contribution in [3.05, 3.63) is 65.7 Å². The molecule has 2 atom stereocenters. The number of methoxy groups -OCH3 is 1. The fraction of sp³-hybridized carbons (Fsp3) is 0.348. The van der Waals surface area contributed by atoms with Crippen LogP contribution in [-0.4, -0.2) is 48.9 Å². The fourth-order valence-corrected chi connectivity index (χ4v) is 3.56. The van der Waals surface area contributed by atoms with E-state index in [9.17, 15) is 14.4 Å². The van der Waals surface area contributed by atoms with Crippen LogP contribution >= 0.6 is 0 Å². The van der Waals surface area contributed by atoms with Crippen molar-refractivity contribution in [2.75, 3.05) is 25.6 Å². The van der Waals surface area contributed by atoms with Crippen LogP contribution in [0, 0.1) is 5.92 Å². The smallest absolute Gasteiger partial charge is 0.253 e. The lowest BCUT2D eigenvalue weighted by Gasteiger charge is -2.24. The Labute approximate surface area is 176 Å². The molecule has 0 unspecified atom stereocenters. The number of carbonyl (C=O) groups is 3. The molecule has 1 fully saturated rings. The molecule has 0 bridgehead atoms. The summed E-state index contributed by atoms with van der Waals surface area (Å²) in [4.78, 5) is 39.4. The second kappa shape index (κ2) is 10.0. The van der Waals surface area contributed by atoms with Gasteiger partial charge in [-0.3, -0.25) is 14.4 Å². The molecular weight excluding hydrogens is 382 g/mol. The van der Waals surface area contributed by atoms with E-state index in [2.05, 4.69) is 10.6 Å². The maximum Gasteiger partial charge on any atom is 0.253 e. The number of nitrogens with zero attached hydrogens (tertiary/aromatic N) is 1. The summed E-state index contributed by atoms with van der Waals surface area (Å²) in [7, 11) is 1.58. The van der Waals surface area contributed by atoms with Crippen LogP contribution < -0.4 is 10.6 Å². The van der Waals surface area contributed by atoms with E-state index in [1.807, 2.05) is 37.3 Å². The van der Waals surface area contributed by atoms with Gasteiger partial charge in [0.1, 0.15) is 0 Å². The van der Waals surface area contributed by atoms with Gasteiger partial charge in [0.15, 0.2) is 0 Å². The zero-order chi connectivity index (χ0) is 21.5. The Balaban J connectivity index is 1.64. The number of anilines is 1. The van der Waals surface area contributed by atoms with Gasteiger partial charge in [-0.25, -0.2) is 0 Å². The molecule has 0 radical (unpaired) electrons. The lowest BCUT2D eigenvalue weighted by molar-refractivity contribution is -0.130. The lowest BCUT2D eigenvalue weighted by Crippen LogP contribution is -2.38.